The predicted octanol–water partition coefficient (Wildman–Crippen LogP) is 6.62. The van der Waals surface area contributed by atoms with Crippen LogP contribution in [0.4, 0.5) is 5.69 Å². The Morgan fingerprint density at radius 2 is 1.56 bits per heavy atom. The number of anilines is 1. The third-order valence-electron chi connectivity index (χ3n) is 7.09. The molecule has 1 aliphatic carbocycles. The fraction of sp³-hybridized carbons (Fsp3) is 0.367. The van der Waals surface area contributed by atoms with Gasteiger partial charge < -0.3 is 5.32 Å². The number of nitrogens with one attached hydrogen (secondary N) is 1. The van der Waals surface area contributed by atoms with Crippen LogP contribution in [0.25, 0.3) is 0 Å². The van der Waals surface area contributed by atoms with Crippen LogP contribution in [0.1, 0.15) is 81.2 Å². The van der Waals surface area contributed by atoms with Gasteiger partial charge in [0.2, 0.25) is 5.91 Å². The molecule has 0 bridgehead atoms. The lowest BCUT2D eigenvalue weighted by molar-refractivity contribution is -0.136. The van der Waals surface area contributed by atoms with E-state index in [1.54, 1.807) is 6.20 Å². The van der Waals surface area contributed by atoms with E-state index in [9.17, 15) is 9.59 Å². The van der Waals surface area contributed by atoms with Gasteiger partial charge in [0.05, 0.1) is 17.0 Å². The first kappa shape index (κ1) is 23.9. The molecule has 176 valence electrons. The molecule has 1 aliphatic rings. The van der Waals surface area contributed by atoms with Gasteiger partial charge in [0.1, 0.15) is 0 Å². The third kappa shape index (κ3) is 4.29. The molecular formula is C30H34N2O2. The van der Waals surface area contributed by atoms with Crippen molar-refractivity contribution in [2.45, 2.75) is 64.2 Å². The maximum Gasteiger partial charge on any atom is 0.235 e. The summed E-state index contributed by atoms with van der Waals surface area (Å²) in [4.78, 5) is 32.5. The summed E-state index contributed by atoms with van der Waals surface area (Å²) in [5, 5.41) is 3.20. The van der Waals surface area contributed by atoms with Crippen LogP contribution in [0, 0.1) is 5.92 Å². The smallest absolute Gasteiger partial charge is 0.235 e. The van der Waals surface area contributed by atoms with Crippen LogP contribution >= 0.6 is 0 Å². The number of carbonyl (C=O) groups excluding carboxylic acids is 2. The van der Waals surface area contributed by atoms with E-state index in [1.807, 2.05) is 54.6 Å². The fourth-order valence-electron chi connectivity index (χ4n) is 5.31. The number of Topliss-reactive ketones (excluding diaryl/α,β-unsaturated/α-hetero) is 1. The van der Waals surface area contributed by atoms with Gasteiger partial charge in [-0.1, -0.05) is 88.7 Å². The van der Waals surface area contributed by atoms with Crippen molar-refractivity contribution in [1.82, 2.24) is 4.98 Å². The minimum absolute atomic E-state index is 0.0609. The minimum atomic E-state index is -0.915. The van der Waals surface area contributed by atoms with Crippen molar-refractivity contribution in [3.63, 3.8) is 0 Å². The largest absolute Gasteiger partial charge is 0.325 e. The van der Waals surface area contributed by atoms with Crippen LogP contribution in [-0.2, 0) is 15.0 Å². The predicted molar refractivity (Wildman–Crippen MR) is 137 cm³/mol. The van der Waals surface area contributed by atoms with Crippen LogP contribution in [0.15, 0.2) is 72.9 Å². The summed E-state index contributed by atoms with van der Waals surface area (Å²) in [6, 6.07) is 21.7. The molecular weight excluding hydrogens is 420 g/mol. The lowest BCUT2D eigenvalue weighted by atomic mass is 9.62. The Labute approximate surface area is 202 Å². The highest BCUT2D eigenvalue weighted by atomic mass is 16.2. The highest BCUT2D eigenvalue weighted by molar-refractivity contribution is 6.12. The van der Waals surface area contributed by atoms with Crippen LogP contribution in [0.5, 0.6) is 0 Å². The highest BCUT2D eigenvalue weighted by Gasteiger charge is 2.50. The van der Waals surface area contributed by atoms with Crippen molar-refractivity contribution in [1.29, 1.82) is 0 Å². The molecule has 0 spiro atoms. The van der Waals surface area contributed by atoms with E-state index < -0.39 is 11.3 Å². The van der Waals surface area contributed by atoms with Crippen LogP contribution in [-0.4, -0.2) is 16.7 Å². The molecule has 0 radical (unpaired) electrons. The number of carbonyl (C=O) groups is 2. The van der Waals surface area contributed by atoms with E-state index in [0.29, 0.717) is 18.5 Å². The quantitative estimate of drug-likeness (QED) is 0.426. The maximum atomic E-state index is 14.2. The molecule has 1 aromatic heterocycles. The van der Waals surface area contributed by atoms with Gasteiger partial charge in [-0.25, -0.2) is 0 Å². The summed E-state index contributed by atoms with van der Waals surface area (Å²) >= 11 is 0. The lowest BCUT2D eigenvalue weighted by Gasteiger charge is -2.39. The van der Waals surface area contributed by atoms with Crippen molar-refractivity contribution in [2.24, 2.45) is 5.92 Å². The number of hydrogen-bond donors (Lipinski definition) is 1. The Bertz CT molecular complexity index is 1090. The topological polar surface area (TPSA) is 59.1 Å². The summed E-state index contributed by atoms with van der Waals surface area (Å²) in [7, 11) is 0. The summed E-state index contributed by atoms with van der Waals surface area (Å²) in [5.74, 6) is -0.484. The number of pyridine rings is 1. The van der Waals surface area contributed by atoms with Crippen molar-refractivity contribution < 1.29 is 9.59 Å². The number of rotatable bonds is 6. The Morgan fingerprint density at radius 3 is 2.15 bits per heavy atom. The molecule has 4 nitrogen and oxygen atoms in total. The third-order valence-corrected chi connectivity index (χ3v) is 7.09. The Kier molecular flexibility index (Phi) is 6.97. The second-order valence-corrected chi connectivity index (χ2v) is 9.91. The van der Waals surface area contributed by atoms with Crippen molar-refractivity contribution in [3.05, 3.63) is 95.3 Å². The number of para-hydroxylation sites is 1. The van der Waals surface area contributed by atoms with Gasteiger partial charge in [-0.15, -0.1) is 0 Å². The van der Waals surface area contributed by atoms with E-state index in [4.69, 9.17) is 0 Å². The van der Waals surface area contributed by atoms with E-state index in [0.717, 1.165) is 28.8 Å². The normalized spacial score (nSPS) is 20.5. The molecule has 3 aromatic rings. The van der Waals surface area contributed by atoms with Crippen LogP contribution in [0.2, 0.25) is 0 Å². The van der Waals surface area contributed by atoms with Crippen LogP contribution < -0.4 is 5.32 Å². The number of ketones is 1. The molecule has 1 fully saturated rings. The van der Waals surface area contributed by atoms with E-state index >= 15 is 0 Å². The SMILES string of the molecule is CC(C)c1cccc(C(C)C)c1NC(=O)C1CCCC(c2ccccc2)(c2ccccn2)C1=O. The molecule has 0 saturated heterocycles. The Balaban J connectivity index is 1.75. The number of amides is 1. The van der Waals surface area contributed by atoms with Gasteiger partial charge >= 0.3 is 0 Å². The summed E-state index contributed by atoms with van der Waals surface area (Å²) < 4.78 is 0. The lowest BCUT2D eigenvalue weighted by Crippen LogP contribution is -2.48. The molecule has 1 amide bonds. The van der Waals surface area contributed by atoms with Gasteiger partial charge in [-0.2, -0.15) is 0 Å². The number of nitrogens with zero attached hydrogens (tertiary/aromatic N) is 1. The van der Waals surface area contributed by atoms with E-state index in [-0.39, 0.29) is 23.5 Å². The molecule has 4 rings (SSSR count). The zero-order valence-corrected chi connectivity index (χ0v) is 20.5. The van der Waals surface area contributed by atoms with Gasteiger partial charge in [0, 0.05) is 11.9 Å². The monoisotopic (exact) mass is 454 g/mol. The van der Waals surface area contributed by atoms with Gasteiger partial charge in [-0.3, -0.25) is 14.6 Å². The first-order valence-corrected chi connectivity index (χ1v) is 12.3. The van der Waals surface area contributed by atoms with Gasteiger partial charge in [-0.05, 0) is 53.5 Å². The number of hydrogen-bond acceptors (Lipinski definition) is 3. The fourth-order valence-corrected chi connectivity index (χ4v) is 5.31. The molecule has 2 atom stereocenters. The first-order chi connectivity index (χ1) is 16.4. The van der Waals surface area contributed by atoms with Crippen molar-refractivity contribution in [2.75, 3.05) is 5.32 Å². The Morgan fingerprint density at radius 1 is 0.912 bits per heavy atom. The minimum Gasteiger partial charge on any atom is -0.325 e. The average molecular weight is 455 g/mol. The average Bonchev–Trinajstić information content (AvgIpc) is 2.85. The van der Waals surface area contributed by atoms with Crippen LogP contribution in [0.3, 0.4) is 0 Å². The standard InChI is InChI=1S/C30H34N2O2/c1-20(2)23-14-10-15-24(21(3)4)27(23)32-29(34)25-16-11-18-30(28(25)33,22-12-6-5-7-13-22)26-17-8-9-19-31-26/h5-10,12-15,17,19-21,25H,11,16,18H2,1-4H3,(H,32,34). The molecule has 1 N–H and O–H groups in total. The van der Waals surface area contributed by atoms with Gasteiger partial charge in [0.15, 0.2) is 5.78 Å². The summed E-state index contributed by atoms with van der Waals surface area (Å²) in [5.41, 5.74) is 3.76. The van der Waals surface area contributed by atoms with Crippen molar-refractivity contribution in [3.8, 4) is 0 Å². The van der Waals surface area contributed by atoms with Gasteiger partial charge in [0.25, 0.3) is 0 Å². The molecule has 1 heterocycles. The summed E-state index contributed by atoms with van der Waals surface area (Å²) in [6.45, 7) is 8.51. The maximum absolute atomic E-state index is 14.2. The molecule has 2 aromatic carbocycles. The zero-order valence-electron chi connectivity index (χ0n) is 20.5. The Hall–Kier alpha value is -3.27. The molecule has 1 saturated carbocycles. The molecule has 34 heavy (non-hydrogen) atoms. The molecule has 0 aliphatic heterocycles. The number of aromatic nitrogens is 1. The second kappa shape index (κ2) is 9.92. The molecule has 2 unspecified atom stereocenters. The highest BCUT2D eigenvalue weighted by Crippen LogP contribution is 2.44. The second-order valence-electron chi connectivity index (χ2n) is 9.91. The first-order valence-electron chi connectivity index (χ1n) is 12.3. The van der Waals surface area contributed by atoms with E-state index in [2.05, 4.69) is 50.1 Å². The van der Waals surface area contributed by atoms with Crippen molar-refractivity contribution >= 4 is 17.4 Å². The molecule has 4 heteroatoms. The van der Waals surface area contributed by atoms with E-state index in [1.165, 1.54) is 0 Å². The zero-order chi connectivity index (χ0) is 24.3. The number of benzene rings is 2. The summed E-state index contributed by atoms with van der Waals surface area (Å²) in [6.07, 6.45) is 3.70.